The van der Waals surface area contributed by atoms with Crippen molar-refractivity contribution in [3.63, 3.8) is 0 Å². The first-order valence-electron chi connectivity index (χ1n) is 11.4. The number of nitrogens with zero attached hydrogens (tertiary/aromatic N) is 2. The Labute approximate surface area is 203 Å². The smallest absolute Gasteiger partial charge is 0.261 e. The second-order valence-electron chi connectivity index (χ2n) is 8.20. The number of methoxy groups -OCH3 is 1. The number of carbonyl (C=O) groups is 2. The Balaban J connectivity index is 1.15. The number of benzene rings is 4. The number of hydrogen-bond donors (Lipinski definition) is 0. The standard InChI is InChI=1S/C29H24N2O4/c1-34-23-15-11-22(12-16-23)30-19-20-9-13-24(14-10-20)35-18-4-17-31-28(32)25-7-2-5-21-6-3-8-26(27(21)25)29(31)33/h2-3,5-16,19H,4,17-18H2,1H3. The molecule has 0 aliphatic carbocycles. The van der Waals surface area contributed by atoms with Crippen LogP contribution in [0.1, 0.15) is 32.7 Å². The van der Waals surface area contributed by atoms with Crippen LogP contribution < -0.4 is 9.47 Å². The van der Waals surface area contributed by atoms with Crippen molar-refractivity contribution in [2.24, 2.45) is 4.99 Å². The molecule has 6 nitrogen and oxygen atoms in total. The highest BCUT2D eigenvalue weighted by atomic mass is 16.5. The quantitative estimate of drug-likeness (QED) is 0.192. The highest BCUT2D eigenvalue weighted by Gasteiger charge is 2.32. The molecule has 1 heterocycles. The molecule has 0 fully saturated rings. The maximum Gasteiger partial charge on any atom is 0.261 e. The lowest BCUT2D eigenvalue weighted by molar-refractivity contribution is 0.0603. The summed E-state index contributed by atoms with van der Waals surface area (Å²) in [6.45, 7) is 0.692. The zero-order valence-electron chi connectivity index (χ0n) is 19.3. The minimum absolute atomic E-state index is 0.250. The van der Waals surface area contributed by atoms with Crippen molar-refractivity contribution in [1.29, 1.82) is 0 Å². The summed E-state index contributed by atoms with van der Waals surface area (Å²) in [5, 5.41) is 1.65. The lowest BCUT2D eigenvalue weighted by Crippen LogP contribution is -2.41. The van der Waals surface area contributed by atoms with Gasteiger partial charge in [-0.3, -0.25) is 19.5 Å². The number of amides is 2. The third kappa shape index (κ3) is 4.64. The van der Waals surface area contributed by atoms with Crippen LogP contribution in [0.3, 0.4) is 0 Å². The van der Waals surface area contributed by atoms with Gasteiger partial charge in [0, 0.05) is 29.3 Å². The van der Waals surface area contributed by atoms with Crippen LogP contribution in [0.4, 0.5) is 5.69 Å². The van der Waals surface area contributed by atoms with Crippen LogP contribution in [-0.4, -0.2) is 43.2 Å². The van der Waals surface area contributed by atoms with Gasteiger partial charge >= 0.3 is 0 Å². The largest absolute Gasteiger partial charge is 0.497 e. The molecule has 0 spiro atoms. The van der Waals surface area contributed by atoms with Gasteiger partial charge in [0.25, 0.3) is 11.8 Å². The van der Waals surface area contributed by atoms with E-state index in [2.05, 4.69) is 4.99 Å². The van der Waals surface area contributed by atoms with Crippen molar-refractivity contribution in [2.75, 3.05) is 20.3 Å². The van der Waals surface area contributed by atoms with E-state index in [0.717, 1.165) is 33.5 Å². The Kier molecular flexibility index (Phi) is 6.26. The summed E-state index contributed by atoms with van der Waals surface area (Å²) >= 11 is 0. The van der Waals surface area contributed by atoms with Crippen molar-refractivity contribution in [3.8, 4) is 11.5 Å². The Morgan fingerprint density at radius 2 is 1.43 bits per heavy atom. The molecule has 5 rings (SSSR count). The fraction of sp³-hybridized carbons (Fsp3) is 0.138. The summed E-state index contributed by atoms with van der Waals surface area (Å²) in [6, 6.07) is 26.2. The van der Waals surface area contributed by atoms with Crippen molar-refractivity contribution < 1.29 is 19.1 Å². The van der Waals surface area contributed by atoms with E-state index in [-0.39, 0.29) is 11.8 Å². The number of imide groups is 1. The molecule has 2 amide bonds. The predicted molar refractivity (Wildman–Crippen MR) is 136 cm³/mol. The molecule has 0 unspecified atom stereocenters. The zero-order chi connectivity index (χ0) is 24.2. The molecule has 0 aromatic heterocycles. The van der Waals surface area contributed by atoms with Crippen molar-refractivity contribution in [2.45, 2.75) is 6.42 Å². The number of carbonyl (C=O) groups excluding carboxylic acids is 2. The van der Waals surface area contributed by atoms with Crippen LogP contribution in [0.25, 0.3) is 10.8 Å². The number of aliphatic imine (C=N–C) groups is 1. The van der Waals surface area contributed by atoms with Crippen LogP contribution in [0, 0.1) is 0 Å². The molecule has 0 radical (unpaired) electrons. The molecule has 35 heavy (non-hydrogen) atoms. The lowest BCUT2D eigenvalue weighted by atomic mass is 9.94. The summed E-state index contributed by atoms with van der Waals surface area (Å²) in [7, 11) is 1.63. The molecule has 1 aliphatic heterocycles. The molecule has 6 heteroatoms. The molecular formula is C29H24N2O4. The van der Waals surface area contributed by atoms with Crippen molar-refractivity contribution >= 4 is 34.5 Å². The van der Waals surface area contributed by atoms with Gasteiger partial charge in [-0.1, -0.05) is 24.3 Å². The van der Waals surface area contributed by atoms with Crippen LogP contribution in [0.15, 0.2) is 89.9 Å². The Morgan fingerprint density at radius 1 is 0.800 bits per heavy atom. The van der Waals surface area contributed by atoms with Gasteiger partial charge < -0.3 is 9.47 Å². The minimum Gasteiger partial charge on any atom is -0.497 e. The Bertz CT molecular complexity index is 1360. The summed E-state index contributed by atoms with van der Waals surface area (Å²) in [5.41, 5.74) is 2.94. The molecule has 0 atom stereocenters. The average Bonchev–Trinajstić information content (AvgIpc) is 2.91. The van der Waals surface area contributed by atoms with E-state index >= 15 is 0 Å². The molecular weight excluding hydrogens is 440 g/mol. The second-order valence-corrected chi connectivity index (χ2v) is 8.20. The maximum atomic E-state index is 13.0. The SMILES string of the molecule is COc1ccc(N=Cc2ccc(OCCCN3C(=O)c4cccc5cccc(c45)C3=O)cc2)cc1. The first kappa shape index (κ1) is 22.3. The van der Waals surface area contributed by atoms with Crippen LogP contribution in [0.2, 0.25) is 0 Å². The first-order valence-corrected chi connectivity index (χ1v) is 11.4. The number of rotatable bonds is 8. The molecule has 1 aliphatic rings. The van der Waals surface area contributed by atoms with Crippen LogP contribution in [-0.2, 0) is 0 Å². The van der Waals surface area contributed by atoms with Gasteiger partial charge in [-0.05, 0) is 78.0 Å². The number of hydrogen-bond acceptors (Lipinski definition) is 5. The third-order valence-electron chi connectivity index (χ3n) is 5.97. The summed E-state index contributed by atoms with van der Waals surface area (Å²) in [6.07, 6.45) is 2.33. The van der Waals surface area contributed by atoms with Crippen molar-refractivity contribution in [1.82, 2.24) is 4.90 Å². The van der Waals surface area contributed by atoms with E-state index in [1.54, 1.807) is 25.5 Å². The molecule has 0 saturated heterocycles. The second kappa shape index (κ2) is 9.81. The average molecular weight is 465 g/mol. The number of ether oxygens (including phenoxy) is 2. The molecule has 0 saturated carbocycles. The van der Waals surface area contributed by atoms with Gasteiger partial charge in [0.2, 0.25) is 0 Å². The van der Waals surface area contributed by atoms with Crippen molar-refractivity contribution in [3.05, 3.63) is 102 Å². The van der Waals surface area contributed by atoms with E-state index in [4.69, 9.17) is 9.47 Å². The minimum atomic E-state index is -0.250. The fourth-order valence-corrected chi connectivity index (χ4v) is 4.16. The highest BCUT2D eigenvalue weighted by molar-refractivity contribution is 6.25. The predicted octanol–water partition coefficient (Wildman–Crippen LogP) is 5.66. The summed E-state index contributed by atoms with van der Waals surface area (Å²) in [5.74, 6) is 1.01. The van der Waals surface area contributed by atoms with Gasteiger partial charge in [0.05, 0.1) is 19.4 Å². The van der Waals surface area contributed by atoms with Crippen LogP contribution >= 0.6 is 0 Å². The van der Waals surface area contributed by atoms with Gasteiger partial charge in [-0.15, -0.1) is 0 Å². The molecule has 4 aromatic carbocycles. The van der Waals surface area contributed by atoms with E-state index in [1.807, 2.05) is 72.8 Å². The zero-order valence-corrected chi connectivity index (χ0v) is 19.3. The fourth-order valence-electron chi connectivity index (χ4n) is 4.16. The maximum absolute atomic E-state index is 13.0. The van der Waals surface area contributed by atoms with E-state index < -0.39 is 0 Å². The van der Waals surface area contributed by atoms with Gasteiger partial charge in [-0.25, -0.2) is 0 Å². The normalized spacial score (nSPS) is 13.0. The highest BCUT2D eigenvalue weighted by Crippen LogP contribution is 2.30. The topological polar surface area (TPSA) is 68.2 Å². The van der Waals surface area contributed by atoms with Gasteiger partial charge in [-0.2, -0.15) is 0 Å². The molecule has 4 aromatic rings. The molecule has 0 bridgehead atoms. The summed E-state index contributed by atoms with van der Waals surface area (Å²) < 4.78 is 11.0. The Morgan fingerprint density at radius 3 is 2.06 bits per heavy atom. The van der Waals surface area contributed by atoms with E-state index in [9.17, 15) is 9.59 Å². The van der Waals surface area contributed by atoms with Crippen LogP contribution in [0.5, 0.6) is 11.5 Å². The summed E-state index contributed by atoms with van der Waals surface area (Å²) in [4.78, 5) is 31.7. The molecule has 174 valence electrons. The monoisotopic (exact) mass is 464 g/mol. The van der Waals surface area contributed by atoms with Gasteiger partial charge in [0.15, 0.2) is 0 Å². The lowest BCUT2D eigenvalue weighted by Gasteiger charge is -2.27. The Hall–Kier alpha value is -4.45. The first-order chi connectivity index (χ1) is 17.1. The van der Waals surface area contributed by atoms with E-state index in [1.165, 1.54) is 4.90 Å². The van der Waals surface area contributed by atoms with E-state index in [0.29, 0.717) is 30.7 Å². The molecule has 0 N–H and O–H groups in total. The third-order valence-corrected chi connectivity index (χ3v) is 5.97. The van der Waals surface area contributed by atoms with Gasteiger partial charge in [0.1, 0.15) is 11.5 Å².